The molecule has 2 aromatic rings. The minimum Gasteiger partial charge on any atom is -0.455 e. The molecule has 0 atom stereocenters. The van der Waals surface area contributed by atoms with Crippen molar-refractivity contribution in [1.29, 1.82) is 0 Å². The van der Waals surface area contributed by atoms with Crippen molar-refractivity contribution in [3.8, 4) is 0 Å². The molecule has 24 heavy (non-hydrogen) atoms. The maximum absolute atomic E-state index is 11.8. The Labute approximate surface area is 142 Å². The summed E-state index contributed by atoms with van der Waals surface area (Å²) in [4.78, 5) is 33.8. The number of carbonyl (C=O) groups is 2. The number of nitrogens with zero attached hydrogens (tertiary/aromatic N) is 1. The van der Waals surface area contributed by atoms with E-state index in [0.717, 1.165) is 0 Å². The number of amides is 1. The molecule has 1 N–H and O–H groups in total. The van der Waals surface area contributed by atoms with Crippen LogP contribution in [-0.2, 0) is 20.7 Å². The van der Waals surface area contributed by atoms with Gasteiger partial charge in [-0.15, -0.1) is 0 Å². The number of nitro benzene ring substituents is 1. The molecule has 0 heterocycles. The van der Waals surface area contributed by atoms with Crippen LogP contribution in [0, 0.1) is 10.1 Å². The Balaban J connectivity index is 1.87. The highest BCUT2D eigenvalue weighted by Gasteiger charge is 2.17. The molecule has 0 aromatic heterocycles. The predicted molar refractivity (Wildman–Crippen MR) is 87.8 cm³/mol. The normalized spacial score (nSPS) is 10.0. The molecule has 2 aromatic carbocycles. The fourth-order valence-corrected chi connectivity index (χ4v) is 2.14. The van der Waals surface area contributed by atoms with Crippen LogP contribution in [0.1, 0.15) is 5.56 Å². The highest BCUT2D eigenvalue weighted by Crippen LogP contribution is 2.18. The Morgan fingerprint density at radius 2 is 1.92 bits per heavy atom. The van der Waals surface area contributed by atoms with Crippen molar-refractivity contribution >= 4 is 34.9 Å². The molecule has 124 valence electrons. The number of para-hydroxylation sites is 1. The van der Waals surface area contributed by atoms with Gasteiger partial charge in [0.1, 0.15) is 0 Å². The molecule has 0 unspecified atom stereocenters. The third-order valence-electron chi connectivity index (χ3n) is 3.00. The van der Waals surface area contributed by atoms with Crippen molar-refractivity contribution < 1.29 is 19.2 Å². The van der Waals surface area contributed by atoms with E-state index in [-0.39, 0.29) is 17.7 Å². The number of rotatable bonds is 6. The minimum absolute atomic E-state index is 0.169. The zero-order valence-electron chi connectivity index (χ0n) is 12.4. The second-order valence-electron chi connectivity index (χ2n) is 4.78. The first-order valence-electron chi connectivity index (χ1n) is 6.89. The van der Waals surface area contributed by atoms with Crippen LogP contribution >= 0.6 is 11.6 Å². The van der Waals surface area contributed by atoms with E-state index in [2.05, 4.69) is 5.32 Å². The van der Waals surface area contributed by atoms with Crippen molar-refractivity contribution in [2.45, 2.75) is 6.42 Å². The Morgan fingerprint density at radius 3 is 2.62 bits per heavy atom. The van der Waals surface area contributed by atoms with Crippen molar-refractivity contribution in [3.63, 3.8) is 0 Å². The van der Waals surface area contributed by atoms with Gasteiger partial charge in [-0.1, -0.05) is 35.9 Å². The van der Waals surface area contributed by atoms with Gasteiger partial charge in [0.15, 0.2) is 6.61 Å². The van der Waals surface area contributed by atoms with Crippen LogP contribution in [0.3, 0.4) is 0 Å². The van der Waals surface area contributed by atoms with Crippen LogP contribution < -0.4 is 5.32 Å². The van der Waals surface area contributed by atoms with E-state index in [9.17, 15) is 19.7 Å². The van der Waals surface area contributed by atoms with Gasteiger partial charge in [0, 0.05) is 22.3 Å². The molecule has 0 aliphatic rings. The smallest absolute Gasteiger partial charge is 0.311 e. The zero-order chi connectivity index (χ0) is 17.5. The Morgan fingerprint density at radius 1 is 1.17 bits per heavy atom. The number of nitro groups is 1. The largest absolute Gasteiger partial charge is 0.455 e. The molecule has 0 aliphatic heterocycles. The summed E-state index contributed by atoms with van der Waals surface area (Å²) in [7, 11) is 0. The van der Waals surface area contributed by atoms with Crippen LogP contribution in [0.2, 0.25) is 5.02 Å². The van der Waals surface area contributed by atoms with Gasteiger partial charge in [-0.25, -0.2) is 0 Å². The SMILES string of the molecule is O=C(COC(=O)Cc1ccccc1[N+](=O)[O-])Nc1cccc(Cl)c1. The summed E-state index contributed by atoms with van der Waals surface area (Å²) in [6, 6.07) is 12.4. The van der Waals surface area contributed by atoms with Gasteiger partial charge in [-0.3, -0.25) is 19.7 Å². The molecule has 0 bridgehead atoms. The van der Waals surface area contributed by atoms with E-state index < -0.39 is 23.4 Å². The summed E-state index contributed by atoms with van der Waals surface area (Å²) < 4.78 is 4.84. The lowest BCUT2D eigenvalue weighted by atomic mass is 10.1. The number of hydrogen-bond donors (Lipinski definition) is 1. The predicted octanol–water partition coefficient (Wildman–Crippen LogP) is 2.97. The standard InChI is InChI=1S/C16H13ClN2O5/c17-12-5-3-6-13(9-12)18-15(20)10-24-16(21)8-11-4-1-2-7-14(11)19(22)23/h1-7,9H,8,10H2,(H,18,20). The second-order valence-corrected chi connectivity index (χ2v) is 5.22. The number of halogens is 1. The fraction of sp³-hybridized carbons (Fsp3) is 0.125. The van der Waals surface area contributed by atoms with Gasteiger partial charge in [-0.05, 0) is 18.2 Å². The number of ether oxygens (including phenoxy) is 1. The van der Waals surface area contributed by atoms with Crippen LogP contribution in [0.15, 0.2) is 48.5 Å². The van der Waals surface area contributed by atoms with Crippen molar-refractivity contribution in [3.05, 3.63) is 69.2 Å². The molecule has 0 radical (unpaired) electrons. The van der Waals surface area contributed by atoms with Gasteiger partial charge in [0.05, 0.1) is 11.3 Å². The van der Waals surface area contributed by atoms with Crippen LogP contribution in [-0.4, -0.2) is 23.4 Å². The molecule has 8 heteroatoms. The fourth-order valence-electron chi connectivity index (χ4n) is 1.95. The van der Waals surface area contributed by atoms with Crippen molar-refractivity contribution in [2.75, 3.05) is 11.9 Å². The summed E-state index contributed by atoms with van der Waals surface area (Å²) >= 11 is 5.79. The highest BCUT2D eigenvalue weighted by atomic mass is 35.5. The molecule has 0 saturated heterocycles. The molecular weight excluding hydrogens is 336 g/mol. The molecule has 1 amide bonds. The number of nitrogens with one attached hydrogen (secondary N) is 1. The first-order valence-corrected chi connectivity index (χ1v) is 7.27. The molecule has 0 fully saturated rings. The molecular formula is C16H13ClN2O5. The maximum atomic E-state index is 11.8. The summed E-state index contributed by atoms with van der Waals surface area (Å²) in [6.45, 7) is -0.494. The molecule has 2 rings (SSSR count). The summed E-state index contributed by atoms with van der Waals surface area (Å²) in [5.74, 6) is -1.27. The van der Waals surface area contributed by atoms with Gasteiger partial charge in [0.25, 0.3) is 11.6 Å². The number of hydrogen-bond acceptors (Lipinski definition) is 5. The average Bonchev–Trinajstić information content (AvgIpc) is 2.53. The Bertz CT molecular complexity index is 779. The Hall–Kier alpha value is -2.93. The summed E-state index contributed by atoms with van der Waals surface area (Å²) in [5, 5.41) is 13.9. The number of anilines is 1. The van der Waals surface area contributed by atoms with E-state index in [1.165, 1.54) is 18.2 Å². The molecule has 0 spiro atoms. The minimum atomic E-state index is -0.731. The van der Waals surface area contributed by atoms with Crippen LogP contribution in [0.4, 0.5) is 11.4 Å². The van der Waals surface area contributed by atoms with E-state index >= 15 is 0 Å². The molecule has 0 aliphatic carbocycles. The van der Waals surface area contributed by atoms with Gasteiger partial charge in [0.2, 0.25) is 0 Å². The van der Waals surface area contributed by atoms with Gasteiger partial charge < -0.3 is 10.1 Å². The van der Waals surface area contributed by atoms with Gasteiger partial charge >= 0.3 is 5.97 Å². The lowest BCUT2D eigenvalue weighted by Crippen LogP contribution is -2.21. The third kappa shape index (κ3) is 5.06. The Kier molecular flexibility index (Phi) is 5.86. The third-order valence-corrected chi connectivity index (χ3v) is 3.23. The lowest BCUT2D eigenvalue weighted by molar-refractivity contribution is -0.385. The number of esters is 1. The van der Waals surface area contributed by atoms with E-state index in [1.807, 2.05) is 0 Å². The summed E-state index contributed by atoms with van der Waals surface area (Å²) in [6.07, 6.45) is -0.290. The van der Waals surface area contributed by atoms with E-state index in [1.54, 1.807) is 30.3 Å². The van der Waals surface area contributed by atoms with Crippen LogP contribution in [0.25, 0.3) is 0 Å². The van der Waals surface area contributed by atoms with E-state index in [4.69, 9.17) is 16.3 Å². The molecule has 0 saturated carbocycles. The second kappa shape index (κ2) is 8.07. The lowest BCUT2D eigenvalue weighted by Gasteiger charge is -2.07. The van der Waals surface area contributed by atoms with Crippen LogP contribution in [0.5, 0.6) is 0 Å². The summed E-state index contributed by atoms with van der Waals surface area (Å²) in [5.41, 5.74) is 0.530. The number of carbonyl (C=O) groups excluding carboxylic acids is 2. The van der Waals surface area contributed by atoms with Gasteiger partial charge in [-0.2, -0.15) is 0 Å². The maximum Gasteiger partial charge on any atom is 0.311 e. The topological polar surface area (TPSA) is 98.5 Å². The zero-order valence-corrected chi connectivity index (χ0v) is 13.2. The first kappa shape index (κ1) is 17.4. The quantitative estimate of drug-likeness (QED) is 0.491. The van der Waals surface area contributed by atoms with Crippen molar-refractivity contribution in [1.82, 2.24) is 0 Å². The highest BCUT2D eigenvalue weighted by molar-refractivity contribution is 6.30. The van der Waals surface area contributed by atoms with Crippen molar-refractivity contribution in [2.24, 2.45) is 0 Å². The molecule has 7 nitrogen and oxygen atoms in total. The van der Waals surface area contributed by atoms with E-state index in [0.29, 0.717) is 10.7 Å². The monoisotopic (exact) mass is 348 g/mol. The first-order chi connectivity index (χ1) is 11.5. The number of benzene rings is 2. The average molecular weight is 349 g/mol.